The quantitative estimate of drug-likeness (QED) is 0.839. The fourth-order valence-corrected chi connectivity index (χ4v) is 2.66. The molecule has 2 rings (SSSR count). The molecule has 19 heavy (non-hydrogen) atoms. The molecule has 0 bridgehead atoms. The molecule has 0 unspecified atom stereocenters. The van der Waals surface area contributed by atoms with Crippen LogP contribution in [-0.4, -0.2) is 11.1 Å². The van der Waals surface area contributed by atoms with Crippen molar-refractivity contribution < 1.29 is 0 Å². The highest BCUT2D eigenvalue weighted by atomic mass is 35.5. The Kier molecular flexibility index (Phi) is 4.89. The molecule has 2 nitrogen and oxygen atoms in total. The van der Waals surface area contributed by atoms with Gasteiger partial charge >= 0.3 is 0 Å². The molecule has 3 heteroatoms. The highest BCUT2D eigenvalue weighted by Gasteiger charge is 2.10. The molecular weight excluding hydrogens is 256 g/mol. The van der Waals surface area contributed by atoms with Gasteiger partial charge in [0.15, 0.2) is 0 Å². The van der Waals surface area contributed by atoms with Crippen LogP contribution in [0, 0.1) is 6.92 Å². The van der Waals surface area contributed by atoms with Gasteiger partial charge in [-0.15, -0.1) is 0 Å². The fraction of sp³-hybridized carbons (Fsp3) is 0.500. The van der Waals surface area contributed by atoms with Gasteiger partial charge < -0.3 is 10.3 Å². The van der Waals surface area contributed by atoms with E-state index >= 15 is 0 Å². The molecule has 0 spiro atoms. The lowest BCUT2D eigenvalue weighted by molar-refractivity contribution is 0.667. The number of rotatable bonds is 6. The summed E-state index contributed by atoms with van der Waals surface area (Å²) in [5.41, 5.74) is 9.46. The summed E-state index contributed by atoms with van der Waals surface area (Å²) in [6.45, 7) is 6.00. The monoisotopic (exact) mass is 278 g/mol. The second kappa shape index (κ2) is 6.44. The standard InChI is InChI=1S/C16H23ClN2/c1-3-4-6-13-11-19(8-5-7-18)16-10-15(17)12(2)9-14(13)16/h9-11H,3-8,18H2,1-2H3. The molecule has 2 N–H and O–H groups in total. The fourth-order valence-electron chi connectivity index (χ4n) is 2.51. The number of hydrogen-bond acceptors (Lipinski definition) is 1. The molecule has 0 saturated carbocycles. The average molecular weight is 279 g/mol. The van der Waals surface area contributed by atoms with E-state index in [1.807, 2.05) is 0 Å². The van der Waals surface area contributed by atoms with Gasteiger partial charge in [0.2, 0.25) is 0 Å². The number of aryl methyl sites for hydroxylation is 3. The molecule has 0 radical (unpaired) electrons. The van der Waals surface area contributed by atoms with Crippen molar-refractivity contribution in [3.8, 4) is 0 Å². The van der Waals surface area contributed by atoms with Crippen LogP contribution in [0.1, 0.15) is 37.3 Å². The Morgan fingerprint density at radius 3 is 2.74 bits per heavy atom. The first kappa shape index (κ1) is 14.4. The molecule has 1 aromatic carbocycles. The van der Waals surface area contributed by atoms with Crippen LogP contribution in [0.3, 0.4) is 0 Å². The zero-order valence-electron chi connectivity index (χ0n) is 11.9. The highest BCUT2D eigenvalue weighted by Crippen LogP contribution is 2.29. The Morgan fingerprint density at radius 2 is 2.05 bits per heavy atom. The van der Waals surface area contributed by atoms with E-state index < -0.39 is 0 Å². The SMILES string of the molecule is CCCCc1cn(CCCN)c2cc(Cl)c(C)cc12. The molecule has 0 aliphatic carbocycles. The van der Waals surface area contributed by atoms with E-state index in [-0.39, 0.29) is 0 Å². The number of nitrogens with two attached hydrogens (primary N) is 1. The van der Waals surface area contributed by atoms with Crippen molar-refractivity contribution in [3.63, 3.8) is 0 Å². The van der Waals surface area contributed by atoms with Gasteiger partial charge in [-0.25, -0.2) is 0 Å². The second-order valence-electron chi connectivity index (χ2n) is 5.21. The first-order valence-corrected chi connectivity index (χ1v) is 7.53. The van der Waals surface area contributed by atoms with Crippen molar-refractivity contribution >= 4 is 22.5 Å². The Labute approximate surface area is 120 Å². The largest absolute Gasteiger partial charge is 0.347 e. The van der Waals surface area contributed by atoms with Crippen LogP contribution in [0.15, 0.2) is 18.3 Å². The van der Waals surface area contributed by atoms with Gasteiger partial charge in [-0.3, -0.25) is 0 Å². The molecule has 1 aromatic heterocycles. The van der Waals surface area contributed by atoms with Gasteiger partial charge in [0.1, 0.15) is 0 Å². The molecule has 0 atom stereocenters. The van der Waals surface area contributed by atoms with Gasteiger partial charge in [-0.1, -0.05) is 24.9 Å². The molecular formula is C16H23ClN2. The lowest BCUT2D eigenvalue weighted by atomic mass is 10.1. The third kappa shape index (κ3) is 3.13. The maximum Gasteiger partial charge on any atom is 0.0498 e. The Hall–Kier alpha value is -0.990. The topological polar surface area (TPSA) is 30.9 Å². The van der Waals surface area contributed by atoms with Crippen molar-refractivity contribution in [1.82, 2.24) is 4.57 Å². The molecule has 104 valence electrons. The van der Waals surface area contributed by atoms with E-state index in [0.29, 0.717) is 0 Å². The summed E-state index contributed by atoms with van der Waals surface area (Å²) in [7, 11) is 0. The number of benzene rings is 1. The average Bonchev–Trinajstić information content (AvgIpc) is 2.72. The van der Waals surface area contributed by atoms with Crippen LogP contribution in [0.5, 0.6) is 0 Å². The number of hydrogen-bond donors (Lipinski definition) is 1. The van der Waals surface area contributed by atoms with Crippen molar-refractivity contribution in [2.45, 2.75) is 46.1 Å². The van der Waals surface area contributed by atoms with E-state index in [2.05, 4.69) is 36.7 Å². The van der Waals surface area contributed by atoms with Crippen LogP contribution < -0.4 is 5.73 Å². The normalized spacial score (nSPS) is 11.4. The maximum atomic E-state index is 6.27. The summed E-state index contributed by atoms with van der Waals surface area (Å²) >= 11 is 6.27. The predicted molar refractivity (Wildman–Crippen MR) is 84.0 cm³/mol. The second-order valence-corrected chi connectivity index (χ2v) is 5.62. The third-order valence-electron chi connectivity index (χ3n) is 3.65. The van der Waals surface area contributed by atoms with Gasteiger partial charge in [0.05, 0.1) is 0 Å². The Balaban J connectivity index is 2.46. The molecule has 0 amide bonds. The van der Waals surface area contributed by atoms with Gasteiger partial charge in [-0.05, 0) is 56.0 Å². The number of fused-ring (bicyclic) bond motifs is 1. The molecule has 0 aliphatic heterocycles. The van der Waals surface area contributed by atoms with E-state index in [1.54, 1.807) is 0 Å². The molecule has 0 saturated heterocycles. The Morgan fingerprint density at radius 1 is 1.26 bits per heavy atom. The van der Waals surface area contributed by atoms with Crippen LogP contribution in [0.2, 0.25) is 5.02 Å². The van der Waals surface area contributed by atoms with E-state index in [0.717, 1.165) is 36.5 Å². The number of unbranched alkanes of at least 4 members (excludes halogenated alkanes) is 1. The summed E-state index contributed by atoms with van der Waals surface area (Å²) in [5, 5.41) is 2.20. The zero-order chi connectivity index (χ0) is 13.8. The first-order valence-electron chi connectivity index (χ1n) is 7.15. The first-order chi connectivity index (χ1) is 9.17. The minimum atomic E-state index is 0.726. The van der Waals surface area contributed by atoms with Crippen molar-refractivity contribution in [1.29, 1.82) is 0 Å². The van der Waals surface area contributed by atoms with Crippen molar-refractivity contribution in [2.75, 3.05) is 6.54 Å². The Bertz CT molecular complexity index is 509. The molecule has 0 fully saturated rings. The van der Waals surface area contributed by atoms with E-state index in [4.69, 9.17) is 17.3 Å². The summed E-state index contributed by atoms with van der Waals surface area (Å²) in [5.74, 6) is 0. The summed E-state index contributed by atoms with van der Waals surface area (Å²) < 4.78 is 2.30. The predicted octanol–water partition coefficient (Wildman–Crippen LogP) is 4.29. The minimum Gasteiger partial charge on any atom is -0.347 e. The van der Waals surface area contributed by atoms with E-state index in [1.165, 1.54) is 29.3 Å². The lowest BCUT2D eigenvalue weighted by Crippen LogP contribution is -2.04. The van der Waals surface area contributed by atoms with Crippen LogP contribution in [0.4, 0.5) is 0 Å². The number of aromatic nitrogens is 1. The number of halogens is 1. The molecule has 1 heterocycles. The summed E-state index contributed by atoms with van der Waals surface area (Å²) in [4.78, 5) is 0. The van der Waals surface area contributed by atoms with E-state index in [9.17, 15) is 0 Å². The summed E-state index contributed by atoms with van der Waals surface area (Å²) in [6, 6.07) is 4.32. The zero-order valence-corrected chi connectivity index (χ0v) is 12.6. The highest BCUT2D eigenvalue weighted by molar-refractivity contribution is 6.32. The lowest BCUT2D eigenvalue weighted by Gasteiger charge is -2.05. The smallest absolute Gasteiger partial charge is 0.0498 e. The number of nitrogens with zero attached hydrogens (tertiary/aromatic N) is 1. The van der Waals surface area contributed by atoms with Gasteiger partial charge in [0, 0.05) is 28.7 Å². The van der Waals surface area contributed by atoms with Crippen molar-refractivity contribution in [3.05, 3.63) is 34.5 Å². The third-order valence-corrected chi connectivity index (χ3v) is 4.05. The van der Waals surface area contributed by atoms with Crippen molar-refractivity contribution in [2.24, 2.45) is 5.73 Å². The molecule has 0 aliphatic rings. The van der Waals surface area contributed by atoms with Crippen LogP contribution >= 0.6 is 11.6 Å². The molecule has 2 aromatic rings. The van der Waals surface area contributed by atoms with Gasteiger partial charge in [-0.2, -0.15) is 0 Å². The maximum absolute atomic E-state index is 6.27. The van der Waals surface area contributed by atoms with Crippen LogP contribution in [-0.2, 0) is 13.0 Å². The minimum absolute atomic E-state index is 0.726. The summed E-state index contributed by atoms with van der Waals surface area (Å²) in [6.07, 6.45) is 6.89. The van der Waals surface area contributed by atoms with Crippen LogP contribution in [0.25, 0.3) is 10.9 Å². The van der Waals surface area contributed by atoms with Gasteiger partial charge in [0.25, 0.3) is 0 Å².